The average Bonchev–Trinajstić information content (AvgIpc) is 2.49. The minimum Gasteiger partial charge on any atom is -0.434 e. The number of unbranched alkanes of at least 4 members (excludes halogenated alkanes) is 14. The van der Waals surface area contributed by atoms with E-state index in [4.69, 9.17) is 4.74 Å². The van der Waals surface area contributed by atoms with Crippen molar-refractivity contribution in [2.45, 2.75) is 129 Å². The molecule has 0 fully saturated rings. The molecule has 0 spiro atoms. The van der Waals surface area contributed by atoms with Gasteiger partial charge in [0, 0.05) is 20.3 Å². The van der Waals surface area contributed by atoms with Crippen molar-refractivity contribution in [1.29, 1.82) is 0 Å². The van der Waals surface area contributed by atoms with Gasteiger partial charge in [-0.3, -0.25) is 4.79 Å². The summed E-state index contributed by atoms with van der Waals surface area (Å²) >= 11 is 0. The Kier molecular flexibility index (Phi) is 15.6. The molecule has 0 unspecified atom stereocenters. The molecule has 0 aromatic carbocycles. The quantitative estimate of drug-likeness (QED) is 0.186. The van der Waals surface area contributed by atoms with Crippen LogP contribution in [0.25, 0.3) is 0 Å². The van der Waals surface area contributed by atoms with Crippen molar-refractivity contribution >= 4 is 5.97 Å². The van der Waals surface area contributed by atoms with Crippen LogP contribution in [0.15, 0.2) is 0 Å². The third kappa shape index (κ3) is 19.5. The smallest absolute Gasteiger partial charge is 0.308 e. The molecule has 144 valence electrons. The van der Waals surface area contributed by atoms with Crippen LogP contribution in [-0.2, 0) is 9.53 Å². The monoisotopic (exact) mass is 342 g/mol. The van der Waals surface area contributed by atoms with Gasteiger partial charge >= 0.3 is 5.97 Å². The second-order valence-corrected chi connectivity index (χ2v) is 7.62. The molecule has 0 bridgehead atoms. The molecule has 3 nitrogen and oxygen atoms in total. The molecule has 0 amide bonds. The lowest BCUT2D eigenvalue weighted by Gasteiger charge is -2.17. The highest BCUT2D eigenvalue weighted by Crippen LogP contribution is 2.14. The summed E-state index contributed by atoms with van der Waals surface area (Å²) in [6.45, 7) is 5.24. The highest BCUT2D eigenvalue weighted by atomic mass is 16.7. The molecular weight excluding hydrogens is 300 g/mol. The van der Waals surface area contributed by atoms with Crippen LogP contribution in [-0.4, -0.2) is 16.9 Å². The Balaban J connectivity index is 3.14. The Labute approximate surface area is 150 Å². The molecule has 1 N–H and O–H groups in total. The molecule has 3 heteroatoms. The predicted molar refractivity (Wildman–Crippen MR) is 102 cm³/mol. The van der Waals surface area contributed by atoms with E-state index in [1.807, 2.05) is 0 Å². The summed E-state index contributed by atoms with van der Waals surface area (Å²) in [4.78, 5) is 11.4. The van der Waals surface area contributed by atoms with Crippen molar-refractivity contribution < 1.29 is 14.6 Å². The maximum atomic E-state index is 11.4. The predicted octanol–water partition coefficient (Wildman–Crippen LogP) is 6.52. The first kappa shape index (κ1) is 23.4. The zero-order valence-corrected chi connectivity index (χ0v) is 16.6. The molecule has 0 atom stereocenters. The second-order valence-electron chi connectivity index (χ2n) is 7.62. The molecule has 0 radical (unpaired) electrons. The summed E-state index contributed by atoms with van der Waals surface area (Å²) in [6, 6.07) is 0. The minimum atomic E-state index is -1.34. The highest BCUT2D eigenvalue weighted by Gasteiger charge is 2.17. The first-order valence-corrected chi connectivity index (χ1v) is 10.4. The number of carbonyl (C=O) groups excluding carboxylic acids is 1. The van der Waals surface area contributed by atoms with E-state index in [1.54, 1.807) is 0 Å². The molecule has 0 aromatic heterocycles. The van der Waals surface area contributed by atoms with Crippen LogP contribution in [0, 0.1) is 0 Å². The maximum absolute atomic E-state index is 11.4. The zero-order valence-electron chi connectivity index (χ0n) is 16.6. The van der Waals surface area contributed by atoms with Crippen molar-refractivity contribution in [3.8, 4) is 0 Å². The number of aliphatic hydroxyl groups is 1. The van der Waals surface area contributed by atoms with Crippen molar-refractivity contribution in [2.24, 2.45) is 0 Å². The Morgan fingerprint density at radius 1 is 0.708 bits per heavy atom. The molecule has 0 aromatic rings. The van der Waals surface area contributed by atoms with Crippen LogP contribution in [0.1, 0.15) is 124 Å². The van der Waals surface area contributed by atoms with Gasteiger partial charge in [0.1, 0.15) is 0 Å². The van der Waals surface area contributed by atoms with Crippen LogP contribution in [0.3, 0.4) is 0 Å². The van der Waals surface area contributed by atoms with Crippen molar-refractivity contribution in [3.05, 3.63) is 0 Å². The standard InChI is InChI=1S/C21H42O3/c1-4-5-6-7-8-9-10-11-12-13-14-15-16-17-18-19-20(22)24-21(2,3)23/h23H,4-19H2,1-3H3. The van der Waals surface area contributed by atoms with Gasteiger partial charge in [-0.25, -0.2) is 0 Å². The summed E-state index contributed by atoms with van der Waals surface area (Å²) in [7, 11) is 0. The fourth-order valence-corrected chi connectivity index (χ4v) is 2.97. The fourth-order valence-electron chi connectivity index (χ4n) is 2.97. The number of ether oxygens (including phenoxy) is 1. The van der Waals surface area contributed by atoms with Gasteiger partial charge in [0.25, 0.3) is 0 Å². The Hall–Kier alpha value is -0.570. The maximum Gasteiger partial charge on any atom is 0.308 e. The van der Waals surface area contributed by atoms with Gasteiger partial charge < -0.3 is 9.84 Å². The number of rotatable bonds is 17. The van der Waals surface area contributed by atoms with Crippen LogP contribution in [0.5, 0.6) is 0 Å². The lowest BCUT2D eigenvalue weighted by atomic mass is 10.0. The summed E-state index contributed by atoms with van der Waals surface area (Å²) < 4.78 is 4.87. The lowest BCUT2D eigenvalue weighted by Crippen LogP contribution is -2.26. The first-order valence-electron chi connectivity index (χ1n) is 10.4. The van der Waals surface area contributed by atoms with E-state index in [9.17, 15) is 9.90 Å². The highest BCUT2D eigenvalue weighted by molar-refractivity contribution is 5.69. The van der Waals surface area contributed by atoms with Gasteiger partial charge in [0.05, 0.1) is 0 Å². The molecular formula is C21H42O3. The topological polar surface area (TPSA) is 46.5 Å². The summed E-state index contributed by atoms with van der Waals surface area (Å²) in [5, 5.41) is 9.37. The number of carbonyl (C=O) groups is 1. The van der Waals surface area contributed by atoms with E-state index in [-0.39, 0.29) is 5.97 Å². The normalized spacial score (nSPS) is 11.7. The summed E-state index contributed by atoms with van der Waals surface area (Å²) in [5.74, 6) is -1.63. The third-order valence-electron chi connectivity index (χ3n) is 4.35. The van der Waals surface area contributed by atoms with Crippen molar-refractivity contribution in [2.75, 3.05) is 0 Å². The molecule has 0 heterocycles. The Morgan fingerprint density at radius 3 is 1.38 bits per heavy atom. The van der Waals surface area contributed by atoms with Gasteiger partial charge in [-0.15, -0.1) is 0 Å². The van der Waals surface area contributed by atoms with E-state index < -0.39 is 5.79 Å². The third-order valence-corrected chi connectivity index (χ3v) is 4.35. The van der Waals surface area contributed by atoms with Crippen LogP contribution in [0.4, 0.5) is 0 Å². The Bertz CT molecular complexity index is 281. The number of esters is 1. The molecule has 0 saturated heterocycles. The first-order chi connectivity index (χ1) is 11.5. The molecule has 0 aliphatic rings. The van der Waals surface area contributed by atoms with E-state index in [0.29, 0.717) is 6.42 Å². The van der Waals surface area contributed by atoms with E-state index in [0.717, 1.165) is 12.8 Å². The van der Waals surface area contributed by atoms with Gasteiger partial charge in [-0.1, -0.05) is 96.8 Å². The lowest BCUT2D eigenvalue weighted by molar-refractivity contribution is -0.194. The van der Waals surface area contributed by atoms with Crippen LogP contribution >= 0.6 is 0 Å². The summed E-state index contributed by atoms with van der Waals surface area (Å²) in [5.41, 5.74) is 0. The zero-order chi connectivity index (χ0) is 18.1. The Morgan fingerprint density at radius 2 is 1.04 bits per heavy atom. The van der Waals surface area contributed by atoms with Crippen LogP contribution < -0.4 is 0 Å². The molecule has 24 heavy (non-hydrogen) atoms. The second kappa shape index (κ2) is 15.9. The van der Waals surface area contributed by atoms with Gasteiger partial charge in [-0.2, -0.15) is 0 Å². The van der Waals surface area contributed by atoms with E-state index >= 15 is 0 Å². The van der Waals surface area contributed by atoms with Gasteiger partial charge in [0.15, 0.2) is 0 Å². The van der Waals surface area contributed by atoms with Gasteiger partial charge in [0.2, 0.25) is 5.79 Å². The molecule has 0 aliphatic heterocycles. The minimum absolute atomic E-state index is 0.294. The number of hydrogen-bond donors (Lipinski definition) is 1. The molecule has 0 aliphatic carbocycles. The van der Waals surface area contributed by atoms with Crippen LogP contribution in [0.2, 0.25) is 0 Å². The number of hydrogen-bond acceptors (Lipinski definition) is 3. The van der Waals surface area contributed by atoms with Crippen molar-refractivity contribution in [3.63, 3.8) is 0 Å². The molecule has 0 saturated carbocycles. The largest absolute Gasteiger partial charge is 0.434 e. The molecule has 0 rings (SSSR count). The van der Waals surface area contributed by atoms with E-state index in [1.165, 1.54) is 97.3 Å². The summed E-state index contributed by atoms with van der Waals surface area (Å²) in [6.07, 6.45) is 20.2. The SMILES string of the molecule is CCCCCCCCCCCCCCCCCC(=O)OC(C)(C)O. The van der Waals surface area contributed by atoms with E-state index in [2.05, 4.69) is 6.92 Å². The van der Waals surface area contributed by atoms with Gasteiger partial charge in [-0.05, 0) is 6.42 Å². The fraction of sp³-hybridized carbons (Fsp3) is 0.952. The average molecular weight is 343 g/mol. The van der Waals surface area contributed by atoms with Crippen molar-refractivity contribution in [1.82, 2.24) is 0 Å².